The van der Waals surface area contributed by atoms with Gasteiger partial charge in [-0.1, -0.05) is 24.3 Å². The lowest BCUT2D eigenvalue weighted by molar-refractivity contribution is -0.120. The smallest absolute Gasteiger partial charge is 0.257 e. The molecule has 0 bridgehead atoms. The van der Waals surface area contributed by atoms with E-state index in [-0.39, 0.29) is 11.8 Å². The van der Waals surface area contributed by atoms with Crippen molar-refractivity contribution in [3.05, 3.63) is 53.6 Å². The van der Waals surface area contributed by atoms with Crippen molar-refractivity contribution in [1.82, 2.24) is 9.97 Å². The molecule has 2 aromatic carbocycles. The van der Waals surface area contributed by atoms with Gasteiger partial charge in [-0.05, 0) is 56.0 Å². The molecule has 1 saturated heterocycles. The van der Waals surface area contributed by atoms with Crippen molar-refractivity contribution in [1.29, 1.82) is 0 Å². The highest BCUT2D eigenvalue weighted by atomic mass is 16.5. The minimum Gasteiger partial charge on any atom is -0.478 e. The molecule has 6 nitrogen and oxygen atoms in total. The van der Waals surface area contributed by atoms with Crippen molar-refractivity contribution in [2.45, 2.75) is 26.7 Å². The number of hydrogen-bond donors (Lipinski definition) is 1. The van der Waals surface area contributed by atoms with Gasteiger partial charge < -0.3 is 15.0 Å². The van der Waals surface area contributed by atoms with Crippen LogP contribution in [0.25, 0.3) is 11.0 Å². The zero-order chi connectivity index (χ0) is 20.4. The third-order valence-electron chi connectivity index (χ3n) is 5.67. The topological polar surface area (TPSA) is 67.4 Å². The molecule has 29 heavy (non-hydrogen) atoms. The minimum atomic E-state index is -0.110. The Morgan fingerprint density at radius 2 is 1.86 bits per heavy atom. The predicted molar refractivity (Wildman–Crippen MR) is 116 cm³/mol. The third-order valence-corrected chi connectivity index (χ3v) is 5.67. The Morgan fingerprint density at radius 3 is 2.62 bits per heavy atom. The van der Waals surface area contributed by atoms with Gasteiger partial charge in [0.15, 0.2) is 5.82 Å². The van der Waals surface area contributed by atoms with Crippen LogP contribution in [0.1, 0.15) is 24.0 Å². The lowest BCUT2D eigenvalue weighted by atomic mass is 9.96. The summed E-state index contributed by atoms with van der Waals surface area (Å²) in [5.74, 6) is 1.15. The number of aryl methyl sites for hydroxylation is 1. The lowest BCUT2D eigenvalue weighted by Crippen LogP contribution is -2.41. The van der Waals surface area contributed by atoms with Crippen LogP contribution in [0.5, 0.6) is 5.88 Å². The van der Waals surface area contributed by atoms with E-state index < -0.39 is 0 Å². The molecule has 150 valence electrons. The number of anilines is 2. The fraction of sp³-hybridized carbons (Fsp3) is 0.348. The number of nitrogens with one attached hydrogen (secondary N) is 1. The van der Waals surface area contributed by atoms with Crippen molar-refractivity contribution in [2.75, 3.05) is 30.4 Å². The number of amides is 1. The van der Waals surface area contributed by atoms with E-state index in [0.717, 1.165) is 41.7 Å². The van der Waals surface area contributed by atoms with Crippen molar-refractivity contribution >= 4 is 28.4 Å². The molecule has 0 spiro atoms. The number of hydrogen-bond acceptors (Lipinski definition) is 5. The van der Waals surface area contributed by atoms with Crippen LogP contribution in [0.2, 0.25) is 0 Å². The second-order valence-electron chi connectivity index (χ2n) is 7.57. The number of para-hydroxylation sites is 2. The first kappa shape index (κ1) is 19.2. The Labute approximate surface area is 170 Å². The number of piperidine rings is 1. The summed E-state index contributed by atoms with van der Waals surface area (Å²) < 4.78 is 5.51. The molecule has 1 fully saturated rings. The summed E-state index contributed by atoms with van der Waals surface area (Å²) in [7, 11) is 1.61. The summed E-state index contributed by atoms with van der Waals surface area (Å²) in [6.07, 6.45) is 1.78. The Balaban J connectivity index is 1.56. The molecule has 1 aliphatic heterocycles. The van der Waals surface area contributed by atoms with Gasteiger partial charge in [0.25, 0.3) is 5.88 Å². The Bertz CT molecular complexity index is 1050. The highest BCUT2D eigenvalue weighted by Crippen LogP contribution is 2.31. The zero-order valence-corrected chi connectivity index (χ0v) is 17.1. The average Bonchev–Trinajstić information content (AvgIpc) is 2.76. The van der Waals surface area contributed by atoms with Crippen molar-refractivity contribution in [2.24, 2.45) is 5.92 Å². The Morgan fingerprint density at radius 1 is 1.10 bits per heavy atom. The van der Waals surface area contributed by atoms with Gasteiger partial charge in [0.1, 0.15) is 0 Å². The highest BCUT2D eigenvalue weighted by molar-refractivity contribution is 5.94. The quantitative estimate of drug-likeness (QED) is 0.726. The van der Waals surface area contributed by atoms with Gasteiger partial charge in [-0.3, -0.25) is 4.79 Å². The maximum absolute atomic E-state index is 13.0. The number of aromatic nitrogens is 2. The first-order chi connectivity index (χ1) is 14.1. The number of rotatable bonds is 4. The standard InChI is InChI=1S/C23H26N4O2/c1-15-8-6-12-18(16(15)2)25-22(28)17-9-7-13-27(14-17)21-23(29-3)26-20-11-5-4-10-19(20)24-21/h4-6,8,10-12,17H,7,9,13-14H2,1-3H3,(H,25,28)/t17-/m0/s1. The van der Waals surface area contributed by atoms with Crippen LogP contribution >= 0.6 is 0 Å². The molecule has 1 N–H and O–H groups in total. The number of carbonyl (C=O) groups is 1. The van der Waals surface area contributed by atoms with Crippen LogP contribution in [0.15, 0.2) is 42.5 Å². The van der Waals surface area contributed by atoms with E-state index in [1.165, 1.54) is 5.56 Å². The van der Waals surface area contributed by atoms with E-state index in [9.17, 15) is 4.79 Å². The summed E-state index contributed by atoms with van der Waals surface area (Å²) in [6, 6.07) is 13.7. The first-order valence-corrected chi connectivity index (χ1v) is 9.99. The van der Waals surface area contributed by atoms with E-state index in [1.54, 1.807) is 7.11 Å². The third kappa shape index (κ3) is 3.88. The van der Waals surface area contributed by atoms with E-state index in [4.69, 9.17) is 9.72 Å². The zero-order valence-electron chi connectivity index (χ0n) is 17.1. The van der Waals surface area contributed by atoms with Gasteiger partial charge in [-0.15, -0.1) is 0 Å². The molecule has 3 aromatic rings. The molecule has 1 amide bonds. The molecule has 4 rings (SSSR count). The fourth-order valence-corrected chi connectivity index (χ4v) is 3.82. The molecule has 1 aliphatic rings. The molecule has 0 radical (unpaired) electrons. The van der Waals surface area contributed by atoms with Crippen LogP contribution in [0, 0.1) is 19.8 Å². The van der Waals surface area contributed by atoms with Crippen molar-refractivity contribution < 1.29 is 9.53 Å². The van der Waals surface area contributed by atoms with Gasteiger partial charge >= 0.3 is 0 Å². The monoisotopic (exact) mass is 390 g/mol. The van der Waals surface area contributed by atoms with Gasteiger partial charge in [-0.25, -0.2) is 9.97 Å². The molecule has 6 heteroatoms. The molecule has 1 aromatic heterocycles. The minimum absolute atomic E-state index is 0.0520. The largest absolute Gasteiger partial charge is 0.478 e. The molecule has 1 atom stereocenters. The molecular weight excluding hydrogens is 364 g/mol. The van der Waals surface area contributed by atoms with Crippen molar-refractivity contribution in [3.8, 4) is 5.88 Å². The summed E-state index contributed by atoms with van der Waals surface area (Å²) in [4.78, 5) is 24.5. The fourth-order valence-electron chi connectivity index (χ4n) is 3.82. The molecular formula is C23H26N4O2. The first-order valence-electron chi connectivity index (χ1n) is 9.99. The van der Waals surface area contributed by atoms with Crippen LogP contribution in [0.3, 0.4) is 0 Å². The summed E-state index contributed by atoms with van der Waals surface area (Å²) >= 11 is 0. The maximum Gasteiger partial charge on any atom is 0.257 e. The SMILES string of the molecule is COc1nc2ccccc2nc1N1CCC[C@H](C(=O)Nc2cccc(C)c2C)C1. The normalized spacial score (nSPS) is 16.7. The summed E-state index contributed by atoms with van der Waals surface area (Å²) in [5, 5.41) is 3.12. The van der Waals surface area contributed by atoms with Gasteiger partial charge in [0, 0.05) is 18.8 Å². The summed E-state index contributed by atoms with van der Waals surface area (Å²) in [5.41, 5.74) is 4.79. The van der Waals surface area contributed by atoms with Crippen LogP contribution < -0.4 is 15.0 Å². The number of benzene rings is 2. The molecule has 0 saturated carbocycles. The summed E-state index contributed by atoms with van der Waals surface area (Å²) in [6.45, 7) is 5.52. The van der Waals surface area contributed by atoms with Crippen LogP contribution in [-0.2, 0) is 4.79 Å². The number of methoxy groups -OCH3 is 1. The highest BCUT2D eigenvalue weighted by Gasteiger charge is 2.29. The molecule has 0 aliphatic carbocycles. The molecule has 2 heterocycles. The maximum atomic E-state index is 13.0. The second-order valence-corrected chi connectivity index (χ2v) is 7.57. The number of carbonyl (C=O) groups excluding carboxylic acids is 1. The van der Waals surface area contributed by atoms with Gasteiger partial charge in [-0.2, -0.15) is 0 Å². The van der Waals surface area contributed by atoms with E-state index in [2.05, 4.69) is 28.2 Å². The Kier molecular flexibility index (Phi) is 5.34. The van der Waals surface area contributed by atoms with E-state index >= 15 is 0 Å². The van der Waals surface area contributed by atoms with Gasteiger partial charge in [0.05, 0.1) is 24.1 Å². The van der Waals surface area contributed by atoms with Crippen LogP contribution in [-0.4, -0.2) is 36.1 Å². The Hall–Kier alpha value is -3.15. The van der Waals surface area contributed by atoms with Crippen LogP contribution in [0.4, 0.5) is 11.5 Å². The molecule has 0 unspecified atom stereocenters. The number of fused-ring (bicyclic) bond motifs is 1. The van der Waals surface area contributed by atoms with E-state index in [1.807, 2.05) is 43.3 Å². The van der Waals surface area contributed by atoms with E-state index in [0.29, 0.717) is 18.2 Å². The number of ether oxygens (including phenoxy) is 1. The number of nitrogens with zero attached hydrogens (tertiary/aromatic N) is 3. The second kappa shape index (κ2) is 8.07. The van der Waals surface area contributed by atoms with Crippen molar-refractivity contribution in [3.63, 3.8) is 0 Å². The lowest BCUT2D eigenvalue weighted by Gasteiger charge is -2.33. The average molecular weight is 390 g/mol. The van der Waals surface area contributed by atoms with Gasteiger partial charge in [0.2, 0.25) is 5.91 Å². The predicted octanol–water partition coefficient (Wildman–Crippen LogP) is 4.11.